The summed E-state index contributed by atoms with van der Waals surface area (Å²) in [4.78, 5) is 6.65. The number of halogens is 1. The van der Waals surface area contributed by atoms with Gasteiger partial charge in [0.15, 0.2) is 0 Å². The third-order valence-corrected chi connectivity index (χ3v) is 3.74. The average molecular weight is 267 g/mol. The van der Waals surface area contributed by atoms with Crippen molar-refractivity contribution >= 4 is 28.6 Å². The van der Waals surface area contributed by atoms with E-state index in [9.17, 15) is 0 Å². The van der Waals surface area contributed by atoms with Crippen molar-refractivity contribution in [1.29, 1.82) is 0 Å². The lowest BCUT2D eigenvalue weighted by atomic mass is 10.2. The minimum atomic E-state index is 0.491. The number of aryl methyl sites for hydroxylation is 1. The summed E-state index contributed by atoms with van der Waals surface area (Å²) in [5.41, 5.74) is 3.45. The van der Waals surface area contributed by atoms with E-state index in [1.807, 2.05) is 5.38 Å². The molecule has 2 nitrogen and oxygen atoms in total. The lowest BCUT2D eigenvalue weighted by Gasteiger charge is -2.17. The summed E-state index contributed by atoms with van der Waals surface area (Å²) in [5.74, 6) is 0.491. The summed E-state index contributed by atoms with van der Waals surface area (Å²) in [5, 5.41) is 3.12. The highest BCUT2D eigenvalue weighted by Crippen LogP contribution is 2.18. The van der Waals surface area contributed by atoms with E-state index in [0.29, 0.717) is 5.88 Å². The van der Waals surface area contributed by atoms with E-state index >= 15 is 0 Å². The molecule has 90 valence electrons. The normalized spacial score (nSPS) is 10.5. The molecule has 0 aliphatic carbocycles. The highest BCUT2D eigenvalue weighted by Gasteiger charge is 2.05. The van der Waals surface area contributed by atoms with Gasteiger partial charge >= 0.3 is 0 Å². The zero-order valence-corrected chi connectivity index (χ0v) is 11.6. The van der Waals surface area contributed by atoms with E-state index in [4.69, 9.17) is 11.6 Å². The molecule has 0 atom stereocenters. The number of rotatable bonds is 4. The maximum Gasteiger partial charge on any atom is 0.112 e. The topological polar surface area (TPSA) is 16.1 Å². The quantitative estimate of drug-likeness (QED) is 0.782. The van der Waals surface area contributed by atoms with Crippen LogP contribution in [0.4, 0.5) is 5.69 Å². The first-order chi connectivity index (χ1) is 8.19. The van der Waals surface area contributed by atoms with E-state index in [2.05, 4.69) is 48.1 Å². The number of hydrogen-bond donors (Lipinski definition) is 0. The van der Waals surface area contributed by atoms with Crippen molar-refractivity contribution in [3.8, 4) is 0 Å². The highest BCUT2D eigenvalue weighted by atomic mass is 35.5. The van der Waals surface area contributed by atoms with Gasteiger partial charge in [0, 0.05) is 18.1 Å². The number of aromatic nitrogens is 1. The Morgan fingerprint density at radius 1 is 1.29 bits per heavy atom. The average Bonchev–Trinajstić information content (AvgIpc) is 2.77. The summed E-state index contributed by atoms with van der Waals surface area (Å²) >= 11 is 7.40. The fraction of sp³-hybridized carbons (Fsp3) is 0.308. The molecular weight excluding hydrogens is 252 g/mol. The lowest BCUT2D eigenvalue weighted by molar-refractivity contribution is 0.903. The lowest BCUT2D eigenvalue weighted by Crippen LogP contribution is -2.16. The molecule has 0 saturated heterocycles. The SMILES string of the molecule is Cc1ccc(N(C)Cc2nc(CCl)cs2)cc1. The summed E-state index contributed by atoms with van der Waals surface area (Å²) in [6, 6.07) is 8.51. The molecule has 0 radical (unpaired) electrons. The minimum Gasteiger partial charge on any atom is -0.368 e. The first-order valence-corrected chi connectivity index (χ1v) is 6.87. The first kappa shape index (κ1) is 12.4. The molecule has 0 N–H and O–H groups in total. The van der Waals surface area contributed by atoms with Crippen molar-refractivity contribution in [2.24, 2.45) is 0 Å². The highest BCUT2D eigenvalue weighted by molar-refractivity contribution is 7.09. The molecule has 1 aromatic heterocycles. The first-order valence-electron chi connectivity index (χ1n) is 5.46. The largest absolute Gasteiger partial charge is 0.368 e. The van der Waals surface area contributed by atoms with E-state index in [1.54, 1.807) is 11.3 Å². The van der Waals surface area contributed by atoms with Crippen LogP contribution in [0.2, 0.25) is 0 Å². The molecule has 0 aliphatic heterocycles. The summed E-state index contributed by atoms with van der Waals surface area (Å²) < 4.78 is 0. The summed E-state index contributed by atoms with van der Waals surface area (Å²) in [6.45, 7) is 2.92. The van der Waals surface area contributed by atoms with Gasteiger partial charge in [0.05, 0.1) is 18.1 Å². The third-order valence-electron chi connectivity index (χ3n) is 2.58. The Morgan fingerprint density at radius 2 is 2.00 bits per heavy atom. The number of alkyl halides is 1. The summed E-state index contributed by atoms with van der Waals surface area (Å²) in [7, 11) is 2.08. The Morgan fingerprint density at radius 3 is 2.59 bits per heavy atom. The van der Waals surface area contributed by atoms with Crippen LogP contribution in [0.5, 0.6) is 0 Å². The number of nitrogens with zero attached hydrogens (tertiary/aromatic N) is 2. The molecule has 2 rings (SSSR count). The molecule has 2 aromatic rings. The number of hydrogen-bond acceptors (Lipinski definition) is 3. The van der Waals surface area contributed by atoms with E-state index < -0.39 is 0 Å². The molecule has 0 unspecified atom stereocenters. The molecule has 0 amide bonds. The van der Waals surface area contributed by atoms with Crippen LogP contribution in [0.3, 0.4) is 0 Å². The van der Waals surface area contributed by atoms with Crippen LogP contribution in [-0.4, -0.2) is 12.0 Å². The molecule has 0 saturated carbocycles. The van der Waals surface area contributed by atoms with Gasteiger partial charge in [-0.25, -0.2) is 4.98 Å². The fourth-order valence-electron chi connectivity index (χ4n) is 1.58. The van der Waals surface area contributed by atoms with Gasteiger partial charge in [-0.1, -0.05) is 17.7 Å². The van der Waals surface area contributed by atoms with E-state index in [0.717, 1.165) is 17.2 Å². The van der Waals surface area contributed by atoms with Crippen LogP contribution in [-0.2, 0) is 12.4 Å². The molecule has 1 aromatic carbocycles. The molecule has 4 heteroatoms. The molecule has 0 spiro atoms. The standard InChI is InChI=1S/C13H15ClN2S/c1-10-3-5-12(6-4-10)16(2)8-13-15-11(7-14)9-17-13/h3-6,9H,7-8H2,1-2H3. The van der Waals surface area contributed by atoms with Crippen LogP contribution in [0, 0.1) is 6.92 Å². The Hall–Kier alpha value is -1.06. The van der Waals surface area contributed by atoms with Gasteiger partial charge in [-0.3, -0.25) is 0 Å². The van der Waals surface area contributed by atoms with Crippen molar-refractivity contribution < 1.29 is 0 Å². The Bertz CT molecular complexity index is 478. The van der Waals surface area contributed by atoms with Gasteiger partial charge in [0.1, 0.15) is 5.01 Å². The van der Waals surface area contributed by atoms with Crippen molar-refractivity contribution in [1.82, 2.24) is 4.98 Å². The van der Waals surface area contributed by atoms with Gasteiger partial charge in [-0.05, 0) is 19.1 Å². The molecular formula is C13H15ClN2S. The predicted octanol–water partition coefficient (Wildman–Crippen LogP) is 3.83. The van der Waals surface area contributed by atoms with Gasteiger partial charge in [0.2, 0.25) is 0 Å². The minimum absolute atomic E-state index is 0.491. The Kier molecular flexibility index (Phi) is 4.02. The Labute approximate surface area is 111 Å². The number of benzene rings is 1. The second kappa shape index (κ2) is 5.52. The van der Waals surface area contributed by atoms with Crippen LogP contribution in [0.1, 0.15) is 16.3 Å². The predicted molar refractivity (Wildman–Crippen MR) is 75.0 cm³/mol. The van der Waals surface area contributed by atoms with Gasteiger partial charge < -0.3 is 4.90 Å². The third kappa shape index (κ3) is 3.20. The second-order valence-electron chi connectivity index (χ2n) is 4.06. The smallest absolute Gasteiger partial charge is 0.112 e. The maximum atomic E-state index is 5.74. The monoisotopic (exact) mass is 266 g/mol. The molecule has 0 fully saturated rings. The van der Waals surface area contributed by atoms with Gasteiger partial charge in [-0.2, -0.15) is 0 Å². The van der Waals surface area contributed by atoms with Crippen LogP contribution in [0.15, 0.2) is 29.6 Å². The van der Waals surface area contributed by atoms with Crippen molar-refractivity contribution in [2.45, 2.75) is 19.3 Å². The van der Waals surface area contributed by atoms with E-state index in [1.165, 1.54) is 11.3 Å². The Balaban J connectivity index is 2.05. The van der Waals surface area contributed by atoms with Crippen molar-refractivity contribution in [2.75, 3.05) is 11.9 Å². The zero-order valence-electron chi connectivity index (χ0n) is 9.98. The second-order valence-corrected chi connectivity index (χ2v) is 5.27. The maximum absolute atomic E-state index is 5.74. The van der Waals surface area contributed by atoms with Gasteiger partial charge in [-0.15, -0.1) is 22.9 Å². The molecule has 0 bridgehead atoms. The molecule has 17 heavy (non-hydrogen) atoms. The van der Waals surface area contributed by atoms with Crippen molar-refractivity contribution in [3.05, 3.63) is 45.9 Å². The van der Waals surface area contributed by atoms with Crippen LogP contribution in [0.25, 0.3) is 0 Å². The summed E-state index contributed by atoms with van der Waals surface area (Å²) in [6.07, 6.45) is 0. The fourth-order valence-corrected chi connectivity index (χ4v) is 2.65. The van der Waals surface area contributed by atoms with E-state index in [-0.39, 0.29) is 0 Å². The zero-order chi connectivity index (χ0) is 12.3. The number of anilines is 1. The van der Waals surface area contributed by atoms with Gasteiger partial charge in [0.25, 0.3) is 0 Å². The van der Waals surface area contributed by atoms with Crippen molar-refractivity contribution in [3.63, 3.8) is 0 Å². The van der Waals surface area contributed by atoms with Crippen LogP contribution >= 0.6 is 22.9 Å². The molecule has 1 heterocycles. The number of thiazole rings is 1. The van der Waals surface area contributed by atoms with Crippen LogP contribution < -0.4 is 4.90 Å². The molecule has 0 aliphatic rings.